The van der Waals surface area contributed by atoms with Crippen molar-refractivity contribution in [3.05, 3.63) is 149 Å². The zero-order valence-electron chi connectivity index (χ0n) is 27.0. The Morgan fingerprint density at radius 2 is 1.11 bits per heavy atom. The second kappa shape index (κ2) is 17.1. The molecule has 2 aromatic heterocycles. The molecule has 7 aromatic rings. The quantitative estimate of drug-likeness (QED) is 0.160. The number of carbonyl (C=O) groups excluding carboxylic acids is 1. The average molecular weight is 904 g/mol. The standard InChI is InChI=1S/C22H12Cl3NO2S.C17H10BrCl2NO2S/c23-17-4-2-1-3-15(17)14-7-5-13(9-16(14)22(27)28)21-26-20(11-29-21)12-6-8-18(24)19(25)10-12;1-23-17(22)11-6-10(2-4-12(11)18)16-21-15(8-24-16)9-3-5-13(19)14(20)7-9/h1-11H,(H,27,28);2-8H,1H3. The molecule has 2 heterocycles. The highest BCUT2D eigenvalue weighted by molar-refractivity contribution is 9.10. The van der Waals surface area contributed by atoms with Crippen LogP contribution in [-0.2, 0) is 4.74 Å². The fourth-order valence-corrected chi connectivity index (χ4v) is 7.98. The molecule has 5 aromatic carbocycles. The summed E-state index contributed by atoms with van der Waals surface area (Å²) < 4.78 is 5.47. The molecule has 0 spiro atoms. The van der Waals surface area contributed by atoms with Crippen molar-refractivity contribution in [2.75, 3.05) is 7.11 Å². The number of halogens is 6. The molecule has 0 amide bonds. The molecular formula is C39H22BrCl5N2O4S2. The van der Waals surface area contributed by atoms with Crippen LogP contribution in [0.2, 0.25) is 25.1 Å². The van der Waals surface area contributed by atoms with Crippen LogP contribution >= 0.6 is 96.6 Å². The Kier molecular flexibility index (Phi) is 12.6. The van der Waals surface area contributed by atoms with Crippen molar-refractivity contribution in [2.24, 2.45) is 0 Å². The summed E-state index contributed by atoms with van der Waals surface area (Å²) in [4.78, 5) is 33.0. The molecule has 0 saturated heterocycles. The van der Waals surface area contributed by atoms with Gasteiger partial charge in [0.2, 0.25) is 0 Å². The van der Waals surface area contributed by atoms with Gasteiger partial charge in [-0.25, -0.2) is 19.6 Å². The van der Waals surface area contributed by atoms with Gasteiger partial charge in [-0.15, -0.1) is 22.7 Å². The number of carbonyl (C=O) groups is 2. The number of methoxy groups -OCH3 is 1. The lowest BCUT2D eigenvalue weighted by Crippen LogP contribution is -2.02. The van der Waals surface area contributed by atoms with Crippen LogP contribution in [0.25, 0.3) is 54.8 Å². The Bertz CT molecular complexity index is 2500. The van der Waals surface area contributed by atoms with Gasteiger partial charge in [0.05, 0.1) is 49.7 Å². The second-order valence-electron chi connectivity index (χ2n) is 11.1. The number of rotatable bonds is 7. The molecule has 0 radical (unpaired) electrons. The maximum absolute atomic E-state index is 11.9. The first-order chi connectivity index (χ1) is 25.4. The van der Waals surface area contributed by atoms with Crippen molar-refractivity contribution >= 4 is 109 Å². The minimum Gasteiger partial charge on any atom is -0.478 e. The van der Waals surface area contributed by atoms with E-state index in [-0.39, 0.29) is 5.56 Å². The number of thiazole rings is 2. The molecule has 0 fully saturated rings. The lowest BCUT2D eigenvalue weighted by molar-refractivity contribution is 0.0598. The maximum Gasteiger partial charge on any atom is 0.339 e. The Hall–Kier alpha value is -3.77. The Morgan fingerprint density at radius 3 is 1.62 bits per heavy atom. The van der Waals surface area contributed by atoms with Crippen molar-refractivity contribution in [3.63, 3.8) is 0 Å². The number of carboxylic acid groups (broad SMARTS) is 1. The van der Waals surface area contributed by atoms with Gasteiger partial charge in [-0.2, -0.15) is 0 Å². The van der Waals surface area contributed by atoms with Gasteiger partial charge in [0.15, 0.2) is 0 Å². The van der Waals surface area contributed by atoms with Crippen LogP contribution in [0.4, 0.5) is 0 Å². The average Bonchev–Trinajstić information content (AvgIpc) is 3.86. The van der Waals surface area contributed by atoms with E-state index < -0.39 is 11.9 Å². The number of nitrogens with zero attached hydrogens (tertiary/aromatic N) is 2. The summed E-state index contributed by atoms with van der Waals surface area (Å²) >= 11 is 36.6. The Morgan fingerprint density at radius 1 is 0.604 bits per heavy atom. The zero-order valence-corrected chi connectivity index (χ0v) is 34.0. The molecule has 0 aliphatic heterocycles. The van der Waals surface area contributed by atoms with Crippen molar-refractivity contribution in [3.8, 4) is 54.8 Å². The SMILES string of the molecule is COC(=O)c1cc(-c2nc(-c3ccc(Cl)c(Cl)c3)cs2)ccc1Br.O=C(O)c1cc(-c2nc(-c3ccc(Cl)c(Cl)c3)cs2)ccc1-c1ccccc1Cl. The summed E-state index contributed by atoms with van der Waals surface area (Å²) in [6, 6.07) is 28.6. The summed E-state index contributed by atoms with van der Waals surface area (Å²) in [5.41, 5.74) is 6.70. The number of aromatic carboxylic acids is 1. The minimum atomic E-state index is -1.02. The van der Waals surface area contributed by atoms with Gasteiger partial charge in [0, 0.05) is 48.1 Å². The van der Waals surface area contributed by atoms with Gasteiger partial charge in [-0.3, -0.25) is 0 Å². The second-order valence-corrected chi connectivity index (χ2v) is 15.7. The molecule has 0 aliphatic carbocycles. The van der Waals surface area contributed by atoms with Crippen molar-refractivity contribution in [1.29, 1.82) is 0 Å². The number of hydrogen-bond donors (Lipinski definition) is 1. The molecule has 53 heavy (non-hydrogen) atoms. The molecule has 7 rings (SSSR count). The van der Waals surface area contributed by atoms with Crippen LogP contribution in [0.15, 0.2) is 112 Å². The Labute approximate surface area is 345 Å². The number of aromatic nitrogens is 2. The predicted molar refractivity (Wildman–Crippen MR) is 222 cm³/mol. The molecule has 14 heteroatoms. The van der Waals surface area contributed by atoms with Gasteiger partial charge in [0.25, 0.3) is 0 Å². The van der Waals surface area contributed by atoms with E-state index in [1.807, 2.05) is 47.2 Å². The van der Waals surface area contributed by atoms with Gasteiger partial charge in [-0.05, 0) is 70.0 Å². The fourth-order valence-electron chi connectivity index (χ4n) is 5.08. The molecule has 6 nitrogen and oxygen atoms in total. The topological polar surface area (TPSA) is 89.4 Å². The fraction of sp³-hybridized carbons (Fsp3) is 0.0256. The third-order valence-corrected chi connectivity index (χ3v) is 12.0. The highest BCUT2D eigenvalue weighted by atomic mass is 79.9. The molecule has 0 aliphatic rings. The smallest absolute Gasteiger partial charge is 0.339 e. The molecule has 1 N–H and O–H groups in total. The van der Waals surface area contributed by atoms with Crippen LogP contribution in [0.1, 0.15) is 20.7 Å². The van der Waals surface area contributed by atoms with Gasteiger partial charge in [0.1, 0.15) is 10.0 Å². The minimum absolute atomic E-state index is 0.168. The zero-order chi connectivity index (χ0) is 37.8. The highest BCUT2D eigenvalue weighted by Crippen LogP contribution is 2.37. The molecule has 0 saturated carbocycles. The van der Waals surface area contributed by atoms with Crippen LogP contribution in [0.5, 0.6) is 0 Å². The predicted octanol–water partition coefficient (Wildman–Crippen LogP) is 14.1. The van der Waals surface area contributed by atoms with E-state index in [0.29, 0.717) is 51.3 Å². The van der Waals surface area contributed by atoms with E-state index in [2.05, 4.69) is 25.9 Å². The van der Waals surface area contributed by atoms with Crippen LogP contribution in [0, 0.1) is 0 Å². The summed E-state index contributed by atoms with van der Waals surface area (Å²) in [7, 11) is 1.35. The molecule has 0 unspecified atom stereocenters. The van der Waals surface area contributed by atoms with E-state index in [0.717, 1.165) is 38.6 Å². The summed E-state index contributed by atoms with van der Waals surface area (Å²) in [6.45, 7) is 0. The largest absolute Gasteiger partial charge is 0.478 e. The molecule has 266 valence electrons. The third-order valence-electron chi connectivity index (χ3n) is 7.72. The highest BCUT2D eigenvalue weighted by Gasteiger charge is 2.18. The first-order valence-electron chi connectivity index (χ1n) is 15.3. The first-order valence-corrected chi connectivity index (χ1v) is 19.7. The number of ether oxygens (including phenoxy) is 1. The number of esters is 1. The monoisotopic (exact) mass is 900 g/mol. The van der Waals surface area contributed by atoms with E-state index >= 15 is 0 Å². The van der Waals surface area contributed by atoms with Crippen molar-refractivity contribution in [1.82, 2.24) is 9.97 Å². The summed E-state index contributed by atoms with van der Waals surface area (Å²) in [5.74, 6) is -1.42. The van der Waals surface area contributed by atoms with E-state index in [4.69, 9.17) is 62.7 Å². The van der Waals surface area contributed by atoms with E-state index in [1.165, 1.54) is 29.8 Å². The van der Waals surface area contributed by atoms with Crippen LogP contribution < -0.4 is 0 Å². The number of carboxylic acids is 1. The van der Waals surface area contributed by atoms with Gasteiger partial charge < -0.3 is 9.84 Å². The first kappa shape index (κ1) is 38.9. The van der Waals surface area contributed by atoms with Crippen LogP contribution in [0.3, 0.4) is 0 Å². The van der Waals surface area contributed by atoms with Crippen molar-refractivity contribution < 1.29 is 19.4 Å². The normalized spacial score (nSPS) is 10.8. The molecule has 0 bridgehead atoms. The Balaban J connectivity index is 0.000000185. The lowest BCUT2D eigenvalue weighted by Gasteiger charge is -2.10. The van der Waals surface area contributed by atoms with Crippen molar-refractivity contribution in [2.45, 2.75) is 0 Å². The summed E-state index contributed by atoms with van der Waals surface area (Å²) in [6.07, 6.45) is 0. The van der Waals surface area contributed by atoms with Crippen LogP contribution in [-0.4, -0.2) is 34.1 Å². The van der Waals surface area contributed by atoms with E-state index in [9.17, 15) is 14.7 Å². The number of hydrogen-bond acceptors (Lipinski definition) is 7. The number of benzene rings is 5. The third kappa shape index (κ3) is 8.96. The van der Waals surface area contributed by atoms with Gasteiger partial charge in [-0.1, -0.05) is 107 Å². The molecule has 0 atom stereocenters. The van der Waals surface area contributed by atoms with Gasteiger partial charge >= 0.3 is 11.9 Å². The lowest BCUT2D eigenvalue weighted by atomic mass is 9.97. The van der Waals surface area contributed by atoms with E-state index in [1.54, 1.807) is 60.7 Å². The summed E-state index contributed by atoms with van der Waals surface area (Å²) in [5, 5.41) is 17.5. The molecular weight excluding hydrogens is 882 g/mol. The maximum atomic E-state index is 11.9.